The number of hydrogen-bond acceptors (Lipinski definition) is 5. The van der Waals surface area contributed by atoms with Gasteiger partial charge in [0.05, 0.1) is 12.6 Å². The summed E-state index contributed by atoms with van der Waals surface area (Å²) >= 11 is 5.73. The molecule has 0 saturated carbocycles. The maximum atomic E-state index is 11.6. The smallest absolute Gasteiger partial charge is 0.273 e. The predicted molar refractivity (Wildman–Crippen MR) is 76.4 cm³/mol. The third-order valence-electron chi connectivity index (χ3n) is 2.38. The van der Waals surface area contributed by atoms with E-state index in [2.05, 4.69) is 15.6 Å². The van der Waals surface area contributed by atoms with Crippen LogP contribution in [0.3, 0.4) is 0 Å². The molecule has 0 aliphatic carbocycles. The number of halogens is 1. The lowest BCUT2D eigenvalue weighted by molar-refractivity contribution is -0.120. The number of rotatable bonds is 4. The van der Waals surface area contributed by atoms with Crippen molar-refractivity contribution in [3.05, 3.63) is 61.4 Å². The van der Waals surface area contributed by atoms with Crippen molar-refractivity contribution >= 4 is 23.7 Å². The molecule has 0 saturated heterocycles. The van der Waals surface area contributed by atoms with Gasteiger partial charge in [0.1, 0.15) is 5.69 Å². The van der Waals surface area contributed by atoms with Gasteiger partial charge in [-0.3, -0.25) is 14.6 Å². The second-order valence-corrected chi connectivity index (χ2v) is 4.41. The number of hydrogen-bond donors (Lipinski definition) is 3. The van der Waals surface area contributed by atoms with E-state index >= 15 is 0 Å². The minimum Gasteiger partial charge on any atom is -0.273 e. The average molecular weight is 308 g/mol. The molecule has 2 aromatic rings. The highest BCUT2D eigenvalue weighted by atomic mass is 35.5. The Hall–Kier alpha value is -2.74. The second kappa shape index (κ2) is 6.62. The van der Waals surface area contributed by atoms with Gasteiger partial charge in [0.25, 0.3) is 5.56 Å². The van der Waals surface area contributed by atoms with Gasteiger partial charge in [-0.15, -0.1) is 0 Å². The molecule has 0 bridgehead atoms. The number of carbonyl (C=O) groups excluding carboxylic acids is 1. The van der Waals surface area contributed by atoms with E-state index in [4.69, 9.17) is 11.6 Å². The maximum absolute atomic E-state index is 11.6. The van der Waals surface area contributed by atoms with Crippen LogP contribution in [-0.4, -0.2) is 27.3 Å². The summed E-state index contributed by atoms with van der Waals surface area (Å²) in [6.07, 6.45) is 1.13. The molecular weight excluding hydrogens is 298 g/mol. The number of nitrogens with one attached hydrogen (secondary N) is 3. The molecular formula is C12H10ClN5O3. The normalized spacial score (nSPS) is 10.7. The van der Waals surface area contributed by atoms with Crippen LogP contribution in [0.5, 0.6) is 0 Å². The Morgan fingerprint density at radius 3 is 2.71 bits per heavy atom. The molecule has 0 atom stereocenters. The zero-order valence-corrected chi connectivity index (χ0v) is 11.3. The third kappa shape index (κ3) is 4.39. The minimum absolute atomic E-state index is 0.103. The predicted octanol–water partition coefficient (Wildman–Crippen LogP) is -0.196. The Bertz CT molecular complexity index is 778. The molecule has 0 aliphatic heterocycles. The van der Waals surface area contributed by atoms with Gasteiger partial charge >= 0.3 is 5.69 Å². The highest BCUT2D eigenvalue weighted by Crippen LogP contribution is 2.07. The van der Waals surface area contributed by atoms with E-state index in [-0.39, 0.29) is 12.1 Å². The molecule has 1 aromatic heterocycles. The fraction of sp³-hybridized carbons (Fsp3) is 0.0833. The standard InChI is InChI=1S/C12H10ClN5O3/c13-8-3-1-7(2-4-8)6-14-17-10(19)5-9-11(20)15-12(21)18-16-9/h1-4,6H,5H2,(H,17,19)(H2,15,18,20,21)/b14-6+. The van der Waals surface area contributed by atoms with Crippen molar-refractivity contribution in [2.75, 3.05) is 0 Å². The summed E-state index contributed by atoms with van der Waals surface area (Å²) in [6.45, 7) is 0. The summed E-state index contributed by atoms with van der Waals surface area (Å²) in [7, 11) is 0. The number of carbonyl (C=O) groups is 1. The number of hydrazone groups is 1. The topological polar surface area (TPSA) is 120 Å². The average Bonchev–Trinajstić information content (AvgIpc) is 2.44. The molecule has 8 nitrogen and oxygen atoms in total. The van der Waals surface area contributed by atoms with Crippen LogP contribution in [0.25, 0.3) is 0 Å². The molecule has 108 valence electrons. The number of benzene rings is 1. The van der Waals surface area contributed by atoms with E-state index < -0.39 is 17.2 Å². The molecule has 1 heterocycles. The number of amides is 1. The fourth-order valence-corrected chi connectivity index (χ4v) is 1.54. The van der Waals surface area contributed by atoms with Crippen LogP contribution >= 0.6 is 11.6 Å². The van der Waals surface area contributed by atoms with Crippen molar-refractivity contribution in [2.45, 2.75) is 6.42 Å². The van der Waals surface area contributed by atoms with Crippen molar-refractivity contribution in [3.63, 3.8) is 0 Å². The van der Waals surface area contributed by atoms with Gasteiger partial charge in [0.2, 0.25) is 5.91 Å². The lowest BCUT2D eigenvalue weighted by Gasteiger charge is -1.98. The zero-order valence-electron chi connectivity index (χ0n) is 10.6. The number of aromatic amines is 2. The Morgan fingerprint density at radius 1 is 1.33 bits per heavy atom. The van der Waals surface area contributed by atoms with Gasteiger partial charge in [0, 0.05) is 5.02 Å². The van der Waals surface area contributed by atoms with Crippen molar-refractivity contribution in [1.82, 2.24) is 20.6 Å². The lowest BCUT2D eigenvalue weighted by Crippen LogP contribution is -2.31. The molecule has 3 N–H and O–H groups in total. The summed E-state index contributed by atoms with van der Waals surface area (Å²) in [6, 6.07) is 6.83. The molecule has 0 fully saturated rings. The van der Waals surface area contributed by atoms with Crippen LogP contribution in [0.4, 0.5) is 0 Å². The lowest BCUT2D eigenvalue weighted by atomic mass is 10.2. The van der Waals surface area contributed by atoms with E-state index in [0.717, 1.165) is 5.56 Å². The highest BCUT2D eigenvalue weighted by molar-refractivity contribution is 6.30. The van der Waals surface area contributed by atoms with E-state index in [1.54, 1.807) is 24.3 Å². The first-order valence-electron chi connectivity index (χ1n) is 5.80. The second-order valence-electron chi connectivity index (χ2n) is 3.98. The summed E-state index contributed by atoms with van der Waals surface area (Å²) in [5.41, 5.74) is 1.45. The fourth-order valence-electron chi connectivity index (χ4n) is 1.41. The van der Waals surface area contributed by atoms with Crippen molar-refractivity contribution < 1.29 is 4.79 Å². The Morgan fingerprint density at radius 2 is 2.05 bits per heavy atom. The van der Waals surface area contributed by atoms with Gasteiger partial charge in [-0.1, -0.05) is 23.7 Å². The minimum atomic E-state index is -0.732. The third-order valence-corrected chi connectivity index (χ3v) is 2.63. The monoisotopic (exact) mass is 307 g/mol. The molecule has 9 heteroatoms. The van der Waals surface area contributed by atoms with E-state index in [1.807, 2.05) is 10.1 Å². The Kier molecular flexibility index (Phi) is 4.62. The van der Waals surface area contributed by atoms with Gasteiger partial charge in [0.15, 0.2) is 0 Å². The molecule has 0 radical (unpaired) electrons. The van der Waals surface area contributed by atoms with Gasteiger partial charge in [-0.25, -0.2) is 15.3 Å². The quantitative estimate of drug-likeness (QED) is 0.535. The van der Waals surface area contributed by atoms with Crippen LogP contribution in [0, 0.1) is 0 Å². The summed E-state index contributed by atoms with van der Waals surface area (Å²) in [4.78, 5) is 35.6. The van der Waals surface area contributed by atoms with E-state index in [0.29, 0.717) is 5.02 Å². The van der Waals surface area contributed by atoms with Crippen molar-refractivity contribution in [1.29, 1.82) is 0 Å². The molecule has 0 spiro atoms. The first-order valence-corrected chi connectivity index (χ1v) is 6.18. The number of aromatic nitrogens is 3. The number of nitrogens with zero attached hydrogens (tertiary/aromatic N) is 2. The number of H-pyrrole nitrogens is 2. The van der Waals surface area contributed by atoms with Gasteiger partial charge in [-0.05, 0) is 17.7 Å². The van der Waals surface area contributed by atoms with E-state index in [1.165, 1.54) is 6.21 Å². The van der Waals surface area contributed by atoms with Gasteiger partial charge in [-0.2, -0.15) is 10.2 Å². The van der Waals surface area contributed by atoms with Crippen LogP contribution in [-0.2, 0) is 11.2 Å². The molecule has 0 unspecified atom stereocenters. The summed E-state index contributed by atoms with van der Waals surface area (Å²) in [5.74, 6) is -0.537. The molecule has 2 rings (SSSR count). The van der Waals surface area contributed by atoms with Crippen molar-refractivity contribution in [3.8, 4) is 0 Å². The molecule has 21 heavy (non-hydrogen) atoms. The van der Waals surface area contributed by atoms with Gasteiger partial charge < -0.3 is 0 Å². The van der Waals surface area contributed by atoms with Crippen molar-refractivity contribution in [2.24, 2.45) is 5.10 Å². The largest absolute Gasteiger partial charge is 0.342 e. The Balaban J connectivity index is 1.94. The molecule has 0 aliphatic rings. The first-order chi connectivity index (χ1) is 10.0. The first kappa shape index (κ1) is 14.7. The Labute approximate surface area is 122 Å². The SMILES string of the molecule is O=C(Cc1n[nH]c(=O)[nH]c1=O)N/N=C/c1ccc(Cl)cc1. The molecule has 1 aromatic carbocycles. The summed E-state index contributed by atoms with van der Waals surface area (Å²) in [5, 5.41) is 9.86. The van der Waals surface area contributed by atoms with Crippen LogP contribution in [0.15, 0.2) is 39.0 Å². The highest BCUT2D eigenvalue weighted by Gasteiger charge is 2.08. The molecule has 1 amide bonds. The van der Waals surface area contributed by atoms with Crippen LogP contribution < -0.4 is 16.7 Å². The maximum Gasteiger partial charge on any atom is 0.342 e. The van der Waals surface area contributed by atoms with Crippen LogP contribution in [0.2, 0.25) is 5.02 Å². The van der Waals surface area contributed by atoms with E-state index in [9.17, 15) is 14.4 Å². The van der Waals surface area contributed by atoms with Crippen LogP contribution in [0.1, 0.15) is 11.3 Å². The zero-order chi connectivity index (χ0) is 15.2. The summed E-state index contributed by atoms with van der Waals surface area (Å²) < 4.78 is 0.